The SMILES string of the molecule is CCCn1cc(S(=O)(=O)Nc2cccc(F)c2)cc1CO. The fraction of sp³-hybridized carbons (Fsp3) is 0.286. The topological polar surface area (TPSA) is 71.3 Å². The summed E-state index contributed by atoms with van der Waals surface area (Å²) >= 11 is 0. The first-order valence-electron chi connectivity index (χ1n) is 6.54. The highest BCUT2D eigenvalue weighted by Crippen LogP contribution is 2.19. The Balaban J connectivity index is 2.31. The van der Waals surface area contributed by atoms with Crippen LogP contribution in [0.4, 0.5) is 10.1 Å². The molecule has 0 radical (unpaired) electrons. The minimum absolute atomic E-state index is 0.0456. The number of rotatable bonds is 6. The van der Waals surface area contributed by atoms with Gasteiger partial charge in [0.15, 0.2) is 0 Å². The number of nitrogens with zero attached hydrogens (tertiary/aromatic N) is 1. The highest BCUT2D eigenvalue weighted by molar-refractivity contribution is 7.92. The van der Waals surface area contributed by atoms with E-state index in [-0.39, 0.29) is 17.2 Å². The van der Waals surface area contributed by atoms with Crippen molar-refractivity contribution in [1.29, 1.82) is 0 Å². The van der Waals surface area contributed by atoms with Gasteiger partial charge in [-0.05, 0) is 30.7 Å². The molecule has 114 valence electrons. The minimum Gasteiger partial charge on any atom is -0.390 e. The van der Waals surface area contributed by atoms with Crippen molar-refractivity contribution in [2.45, 2.75) is 31.4 Å². The molecule has 2 rings (SSSR count). The van der Waals surface area contributed by atoms with Gasteiger partial charge in [0.05, 0.1) is 12.3 Å². The van der Waals surface area contributed by atoms with E-state index in [2.05, 4.69) is 4.72 Å². The Morgan fingerprint density at radius 3 is 2.71 bits per heavy atom. The van der Waals surface area contributed by atoms with Gasteiger partial charge in [-0.1, -0.05) is 13.0 Å². The van der Waals surface area contributed by atoms with Gasteiger partial charge in [-0.2, -0.15) is 0 Å². The lowest BCUT2D eigenvalue weighted by Crippen LogP contribution is -2.12. The van der Waals surface area contributed by atoms with E-state index < -0.39 is 15.8 Å². The highest BCUT2D eigenvalue weighted by atomic mass is 32.2. The van der Waals surface area contributed by atoms with Crippen molar-refractivity contribution in [2.24, 2.45) is 0 Å². The number of aryl methyl sites for hydroxylation is 1. The molecule has 1 heterocycles. The number of benzene rings is 1. The van der Waals surface area contributed by atoms with E-state index in [1.165, 1.54) is 30.5 Å². The number of aromatic nitrogens is 1. The molecular weight excluding hydrogens is 295 g/mol. The number of sulfonamides is 1. The molecule has 1 aromatic heterocycles. The van der Waals surface area contributed by atoms with Crippen LogP contribution in [0.1, 0.15) is 19.0 Å². The Hall–Kier alpha value is -1.86. The van der Waals surface area contributed by atoms with Crippen molar-refractivity contribution in [3.8, 4) is 0 Å². The van der Waals surface area contributed by atoms with E-state index in [4.69, 9.17) is 0 Å². The number of halogens is 1. The predicted octanol–water partition coefficient (Wildman–Crippen LogP) is 2.33. The number of aliphatic hydroxyl groups is 1. The zero-order valence-corrected chi connectivity index (χ0v) is 12.4. The normalized spacial score (nSPS) is 11.6. The molecule has 0 aliphatic rings. The molecule has 0 spiro atoms. The molecule has 0 saturated heterocycles. The van der Waals surface area contributed by atoms with Crippen LogP contribution in [0.5, 0.6) is 0 Å². The maximum atomic E-state index is 13.1. The average molecular weight is 312 g/mol. The van der Waals surface area contributed by atoms with E-state index in [9.17, 15) is 17.9 Å². The molecule has 5 nitrogen and oxygen atoms in total. The van der Waals surface area contributed by atoms with E-state index in [1.807, 2.05) is 6.92 Å². The molecule has 0 aliphatic heterocycles. The lowest BCUT2D eigenvalue weighted by molar-refractivity contribution is 0.270. The summed E-state index contributed by atoms with van der Waals surface area (Å²) in [6.45, 7) is 2.33. The van der Waals surface area contributed by atoms with Gasteiger partial charge in [-0.3, -0.25) is 4.72 Å². The Kier molecular flexibility index (Phi) is 4.64. The van der Waals surface area contributed by atoms with E-state index in [0.717, 1.165) is 12.5 Å². The number of nitrogens with one attached hydrogen (secondary N) is 1. The van der Waals surface area contributed by atoms with Gasteiger partial charge in [0, 0.05) is 18.4 Å². The third-order valence-corrected chi connectivity index (χ3v) is 4.32. The lowest BCUT2D eigenvalue weighted by atomic mass is 10.3. The third kappa shape index (κ3) is 3.62. The van der Waals surface area contributed by atoms with Gasteiger partial charge in [-0.25, -0.2) is 12.8 Å². The summed E-state index contributed by atoms with van der Waals surface area (Å²) in [5.74, 6) is -0.519. The molecule has 2 N–H and O–H groups in total. The van der Waals surface area contributed by atoms with Gasteiger partial charge >= 0.3 is 0 Å². The molecule has 0 unspecified atom stereocenters. The van der Waals surface area contributed by atoms with Crippen molar-refractivity contribution in [3.05, 3.63) is 48.0 Å². The van der Waals surface area contributed by atoms with Gasteiger partial charge in [-0.15, -0.1) is 0 Å². The maximum Gasteiger partial charge on any atom is 0.263 e. The molecule has 0 aliphatic carbocycles. The van der Waals surface area contributed by atoms with Gasteiger partial charge in [0.1, 0.15) is 10.7 Å². The second kappa shape index (κ2) is 6.28. The summed E-state index contributed by atoms with van der Waals surface area (Å²) in [5, 5.41) is 9.26. The summed E-state index contributed by atoms with van der Waals surface area (Å²) in [6, 6.07) is 6.65. The number of anilines is 1. The lowest BCUT2D eigenvalue weighted by Gasteiger charge is -2.06. The van der Waals surface area contributed by atoms with Crippen LogP contribution in [-0.4, -0.2) is 18.1 Å². The van der Waals surface area contributed by atoms with Crippen molar-refractivity contribution in [1.82, 2.24) is 4.57 Å². The fourth-order valence-electron chi connectivity index (χ4n) is 2.02. The summed E-state index contributed by atoms with van der Waals surface area (Å²) in [4.78, 5) is 0.0456. The molecule has 0 bridgehead atoms. The van der Waals surface area contributed by atoms with E-state index in [0.29, 0.717) is 12.2 Å². The second-order valence-electron chi connectivity index (χ2n) is 4.63. The van der Waals surface area contributed by atoms with Crippen LogP contribution in [0.15, 0.2) is 41.4 Å². The molecule has 0 amide bonds. The molecular formula is C14H17FN2O3S. The van der Waals surface area contributed by atoms with Crippen molar-refractivity contribution in [2.75, 3.05) is 4.72 Å². The Labute approximate surface area is 123 Å². The first kappa shape index (κ1) is 15.5. The zero-order chi connectivity index (χ0) is 15.5. The van der Waals surface area contributed by atoms with Gasteiger partial charge in [0.2, 0.25) is 0 Å². The zero-order valence-electron chi connectivity index (χ0n) is 11.6. The van der Waals surface area contributed by atoms with E-state index in [1.54, 1.807) is 4.57 Å². The van der Waals surface area contributed by atoms with Crippen LogP contribution in [0.25, 0.3) is 0 Å². The Morgan fingerprint density at radius 1 is 1.33 bits per heavy atom. The third-order valence-electron chi connectivity index (χ3n) is 2.97. The van der Waals surface area contributed by atoms with Crippen LogP contribution >= 0.6 is 0 Å². The van der Waals surface area contributed by atoms with Gasteiger partial charge < -0.3 is 9.67 Å². The van der Waals surface area contributed by atoms with Crippen LogP contribution in [-0.2, 0) is 23.2 Å². The standard InChI is InChI=1S/C14H17FN2O3S/c1-2-6-17-9-14(8-13(17)10-18)21(19,20)16-12-5-3-4-11(15)7-12/h3-5,7-9,16,18H,2,6,10H2,1H3. The minimum atomic E-state index is -3.81. The van der Waals surface area contributed by atoms with Crippen LogP contribution in [0.3, 0.4) is 0 Å². The van der Waals surface area contributed by atoms with Crippen molar-refractivity contribution >= 4 is 15.7 Å². The van der Waals surface area contributed by atoms with Crippen molar-refractivity contribution < 1.29 is 17.9 Å². The van der Waals surface area contributed by atoms with Crippen LogP contribution < -0.4 is 4.72 Å². The summed E-state index contributed by atoms with van der Waals surface area (Å²) < 4.78 is 41.7. The van der Waals surface area contributed by atoms with Crippen LogP contribution in [0, 0.1) is 5.82 Å². The molecule has 2 aromatic rings. The molecule has 21 heavy (non-hydrogen) atoms. The summed E-state index contributed by atoms with van der Waals surface area (Å²) in [6.07, 6.45) is 2.29. The highest BCUT2D eigenvalue weighted by Gasteiger charge is 2.18. The number of hydrogen-bond acceptors (Lipinski definition) is 3. The molecule has 0 atom stereocenters. The second-order valence-corrected chi connectivity index (χ2v) is 6.32. The largest absolute Gasteiger partial charge is 0.390 e. The van der Waals surface area contributed by atoms with Crippen molar-refractivity contribution in [3.63, 3.8) is 0 Å². The molecule has 1 aromatic carbocycles. The summed E-state index contributed by atoms with van der Waals surface area (Å²) in [7, 11) is -3.81. The maximum absolute atomic E-state index is 13.1. The smallest absolute Gasteiger partial charge is 0.263 e. The average Bonchev–Trinajstić information content (AvgIpc) is 2.83. The number of hydrogen-bond donors (Lipinski definition) is 2. The first-order valence-corrected chi connectivity index (χ1v) is 8.03. The monoisotopic (exact) mass is 312 g/mol. The van der Waals surface area contributed by atoms with Gasteiger partial charge in [0.25, 0.3) is 10.0 Å². The Morgan fingerprint density at radius 2 is 2.10 bits per heavy atom. The predicted molar refractivity (Wildman–Crippen MR) is 77.9 cm³/mol. The molecule has 0 fully saturated rings. The van der Waals surface area contributed by atoms with E-state index >= 15 is 0 Å². The van der Waals surface area contributed by atoms with Crippen LogP contribution in [0.2, 0.25) is 0 Å². The molecule has 7 heteroatoms. The fourth-order valence-corrected chi connectivity index (χ4v) is 3.13. The number of aliphatic hydroxyl groups excluding tert-OH is 1. The Bertz CT molecular complexity index is 726. The summed E-state index contributed by atoms with van der Waals surface area (Å²) in [5.41, 5.74) is 0.681. The first-order chi connectivity index (χ1) is 9.96. The quantitative estimate of drug-likeness (QED) is 0.860. The molecule has 0 saturated carbocycles.